The predicted molar refractivity (Wildman–Crippen MR) is 76.3 cm³/mol. The molecule has 0 saturated carbocycles. The molecule has 4 heteroatoms. The Morgan fingerprint density at radius 3 is 2.83 bits per heavy atom. The first kappa shape index (κ1) is 13.6. The van der Waals surface area contributed by atoms with Gasteiger partial charge in [0.05, 0.1) is 11.6 Å². The predicted octanol–water partition coefficient (Wildman–Crippen LogP) is 2.77. The van der Waals surface area contributed by atoms with Gasteiger partial charge in [-0.05, 0) is 44.9 Å². The van der Waals surface area contributed by atoms with Gasteiger partial charge >= 0.3 is 0 Å². The van der Waals surface area contributed by atoms with Crippen LogP contribution in [-0.2, 0) is 4.79 Å². The molecular formula is C14H19BrN2O. The Morgan fingerprint density at radius 2 is 2.22 bits per heavy atom. The Balaban J connectivity index is 2.06. The van der Waals surface area contributed by atoms with Crippen LogP contribution >= 0.6 is 15.9 Å². The summed E-state index contributed by atoms with van der Waals surface area (Å²) in [5, 5.41) is 6.37. The Morgan fingerprint density at radius 1 is 1.50 bits per heavy atom. The minimum Gasteiger partial charge on any atom is -0.348 e. The van der Waals surface area contributed by atoms with Crippen molar-refractivity contribution in [1.82, 2.24) is 10.6 Å². The molecular weight excluding hydrogens is 292 g/mol. The molecule has 2 rings (SSSR count). The zero-order valence-corrected chi connectivity index (χ0v) is 12.4. The summed E-state index contributed by atoms with van der Waals surface area (Å²) in [5.74, 6) is 0.0863. The third-order valence-electron chi connectivity index (χ3n) is 3.59. The minimum atomic E-state index is -0.407. The molecule has 0 aliphatic carbocycles. The molecule has 1 aromatic carbocycles. The molecule has 1 fully saturated rings. The molecule has 2 unspecified atom stereocenters. The average molecular weight is 311 g/mol. The largest absolute Gasteiger partial charge is 0.348 e. The van der Waals surface area contributed by atoms with Crippen LogP contribution in [0, 0.1) is 0 Å². The summed E-state index contributed by atoms with van der Waals surface area (Å²) < 4.78 is 1.03. The SMILES string of the molecule is CC(NC(=O)C1(C)CCCN1)c1ccccc1Br. The second-order valence-corrected chi connectivity index (χ2v) is 5.93. The normalized spacial score (nSPS) is 24.8. The standard InChI is InChI=1S/C14H19BrN2O/c1-10(11-6-3-4-7-12(11)15)17-13(18)14(2)8-5-9-16-14/h3-4,6-7,10,16H,5,8-9H2,1-2H3,(H,17,18). The molecule has 98 valence electrons. The molecule has 1 heterocycles. The van der Waals surface area contributed by atoms with E-state index in [1.54, 1.807) is 0 Å². The van der Waals surface area contributed by atoms with Gasteiger partial charge in [0.2, 0.25) is 5.91 Å². The van der Waals surface area contributed by atoms with Crippen LogP contribution in [-0.4, -0.2) is 18.0 Å². The summed E-state index contributed by atoms with van der Waals surface area (Å²) in [4.78, 5) is 12.3. The summed E-state index contributed by atoms with van der Waals surface area (Å²) in [6, 6.07) is 7.99. The third kappa shape index (κ3) is 2.75. The van der Waals surface area contributed by atoms with E-state index in [-0.39, 0.29) is 11.9 Å². The van der Waals surface area contributed by atoms with Gasteiger partial charge in [-0.15, -0.1) is 0 Å². The van der Waals surface area contributed by atoms with Crippen LogP contribution in [0.5, 0.6) is 0 Å². The fourth-order valence-electron chi connectivity index (χ4n) is 2.35. The van der Waals surface area contributed by atoms with Gasteiger partial charge in [0.1, 0.15) is 0 Å². The van der Waals surface area contributed by atoms with Gasteiger partial charge < -0.3 is 10.6 Å². The molecule has 2 N–H and O–H groups in total. The fourth-order valence-corrected chi connectivity index (χ4v) is 2.98. The summed E-state index contributed by atoms with van der Waals surface area (Å²) in [6.45, 7) is 4.91. The Hall–Kier alpha value is -0.870. The van der Waals surface area contributed by atoms with Crippen LogP contribution in [0.25, 0.3) is 0 Å². The molecule has 2 atom stereocenters. The number of hydrogen-bond donors (Lipinski definition) is 2. The third-order valence-corrected chi connectivity index (χ3v) is 4.31. The number of hydrogen-bond acceptors (Lipinski definition) is 2. The molecule has 18 heavy (non-hydrogen) atoms. The summed E-state index contributed by atoms with van der Waals surface area (Å²) in [5.41, 5.74) is 0.697. The van der Waals surface area contributed by atoms with E-state index in [1.165, 1.54) is 0 Å². The van der Waals surface area contributed by atoms with Crippen LogP contribution in [0.4, 0.5) is 0 Å². The second-order valence-electron chi connectivity index (χ2n) is 5.08. The fraction of sp³-hybridized carbons (Fsp3) is 0.500. The molecule has 3 nitrogen and oxygen atoms in total. The van der Waals surface area contributed by atoms with Crippen molar-refractivity contribution in [1.29, 1.82) is 0 Å². The smallest absolute Gasteiger partial charge is 0.240 e. The van der Waals surface area contributed by atoms with Crippen molar-refractivity contribution in [3.05, 3.63) is 34.3 Å². The van der Waals surface area contributed by atoms with Gasteiger partial charge in [-0.1, -0.05) is 34.1 Å². The maximum atomic E-state index is 12.3. The number of nitrogens with one attached hydrogen (secondary N) is 2. The molecule has 0 bridgehead atoms. The van der Waals surface area contributed by atoms with Crippen molar-refractivity contribution in [3.8, 4) is 0 Å². The number of rotatable bonds is 3. The van der Waals surface area contributed by atoms with Crippen molar-refractivity contribution < 1.29 is 4.79 Å². The van der Waals surface area contributed by atoms with Gasteiger partial charge in [-0.25, -0.2) is 0 Å². The average Bonchev–Trinajstić information content (AvgIpc) is 2.78. The van der Waals surface area contributed by atoms with E-state index in [0.29, 0.717) is 0 Å². The zero-order valence-electron chi connectivity index (χ0n) is 10.8. The molecule has 0 aromatic heterocycles. The van der Waals surface area contributed by atoms with Crippen LogP contribution in [0.2, 0.25) is 0 Å². The summed E-state index contributed by atoms with van der Waals surface area (Å²) in [6.07, 6.45) is 1.97. The Kier molecular flexibility index (Phi) is 4.07. The van der Waals surface area contributed by atoms with Crippen molar-refractivity contribution in [3.63, 3.8) is 0 Å². The highest BCUT2D eigenvalue weighted by atomic mass is 79.9. The molecule has 1 aliphatic rings. The minimum absolute atomic E-state index is 0.00676. The van der Waals surface area contributed by atoms with E-state index >= 15 is 0 Å². The lowest BCUT2D eigenvalue weighted by molar-refractivity contribution is -0.127. The first-order valence-electron chi connectivity index (χ1n) is 6.33. The number of benzene rings is 1. The highest BCUT2D eigenvalue weighted by molar-refractivity contribution is 9.10. The van der Waals surface area contributed by atoms with Gasteiger partial charge in [-0.2, -0.15) is 0 Å². The van der Waals surface area contributed by atoms with E-state index in [0.717, 1.165) is 29.4 Å². The zero-order chi connectivity index (χ0) is 13.2. The van der Waals surface area contributed by atoms with Crippen LogP contribution < -0.4 is 10.6 Å². The van der Waals surface area contributed by atoms with Crippen molar-refractivity contribution in [2.24, 2.45) is 0 Å². The van der Waals surface area contributed by atoms with Crippen LogP contribution in [0.15, 0.2) is 28.7 Å². The first-order valence-corrected chi connectivity index (χ1v) is 7.13. The highest BCUT2D eigenvalue weighted by Crippen LogP contribution is 2.25. The van der Waals surface area contributed by atoms with Crippen molar-refractivity contribution >= 4 is 21.8 Å². The Labute approximate surface area is 116 Å². The second kappa shape index (κ2) is 5.41. The number of carbonyl (C=O) groups excluding carboxylic acids is 1. The maximum Gasteiger partial charge on any atom is 0.240 e. The summed E-state index contributed by atoms with van der Waals surface area (Å²) in [7, 11) is 0. The summed E-state index contributed by atoms with van der Waals surface area (Å²) >= 11 is 3.52. The van der Waals surface area contributed by atoms with E-state index in [9.17, 15) is 4.79 Å². The molecule has 0 radical (unpaired) electrons. The maximum absolute atomic E-state index is 12.3. The number of carbonyl (C=O) groups is 1. The van der Waals surface area contributed by atoms with E-state index in [1.807, 2.05) is 38.1 Å². The van der Waals surface area contributed by atoms with Gasteiger partial charge in [0.25, 0.3) is 0 Å². The lowest BCUT2D eigenvalue weighted by atomic mass is 9.98. The van der Waals surface area contributed by atoms with Crippen molar-refractivity contribution in [2.45, 2.75) is 38.3 Å². The topological polar surface area (TPSA) is 41.1 Å². The van der Waals surface area contributed by atoms with Gasteiger partial charge in [-0.3, -0.25) is 4.79 Å². The molecule has 1 aliphatic heterocycles. The quantitative estimate of drug-likeness (QED) is 0.901. The lowest BCUT2D eigenvalue weighted by Gasteiger charge is -2.26. The van der Waals surface area contributed by atoms with E-state index < -0.39 is 5.54 Å². The van der Waals surface area contributed by atoms with Crippen molar-refractivity contribution in [2.75, 3.05) is 6.54 Å². The number of amides is 1. The van der Waals surface area contributed by atoms with Gasteiger partial charge in [0, 0.05) is 4.47 Å². The lowest BCUT2D eigenvalue weighted by Crippen LogP contribution is -2.51. The van der Waals surface area contributed by atoms with Crippen LogP contribution in [0.1, 0.15) is 38.3 Å². The monoisotopic (exact) mass is 310 g/mol. The van der Waals surface area contributed by atoms with Gasteiger partial charge in [0.15, 0.2) is 0 Å². The van der Waals surface area contributed by atoms with E-state index in [2.05, 4.69) is 26.6 Å². The Bertz CT molecular complexity index is 441. The highest BCUT2D eigenvalue weighted by Gasteiger charge is 2.36. The van der Waals surface area contributed by atoms with Crippen LogP contribution in [0.3, 0.4) is 0 Å². The molecule has 0 spiro atoms. The molecule has 1 amide bonds. The number of halogens is 1. The molecule has 1 saturated heterocycles. The van der Waals surface area contributed by atoms with E-state index in [4.69, 9.17) is 0 Å². The molecule has 1 aromatic rings. The first-order chi connectivity index (χ1) is 8.53.